The van der Waals surface area contributed by atoms with Gasteiger partial charge in [-0.15, -0.1) is 0 Å². The monoisotopic (exact) mass is 455 g/mol. The third-order valence-electron chi connectivity index (χ3n) is 5.90. The van der Waals surface area contributed by atoms with Gasteiger partial charge in [-0.3, -0.25) is 14.2 Å². The Morgan fingerprint density at radius 3 is 2.26 bits per heavy atom. The van der Waals surface area contributed by atoms with Crippen LogP contribution in [0, 0.1) is 0 Å². The van der Waals surface area contributed by atoms with Crippen molar-refractivity contribution < 1.29 is 4.79 Å². The van der Waals surface area contributed by atoms with Gasteiger partial charge in [-0.1, -0.05) is 74.4 Å². The summed E-state index contributed by atoms with van der Waals surface area (Å²) < 4.78 is 2.84. The lowest BCUT2D eigenvalue weighted by Gasteiger charge is -2.14. The van der Waals surface area contributed by atoms with Gasteiger partial charge in [-0.25, -0.2) is 9.36 Å². The number of benzene rings is 3. The van der Waals surface area contributed by atoms with Crippen LogP contribution >= 0.6 is 0 Å². The first-order valence-corrected chi connectivity index (χ1v) is 11.7. The number of fused-ring (bicyclic) bond motifs is 1. The van der Waals surface area contributed by atoms with Crippen molar-refractivity contribution in [2.24, 2.45) is 0 Å². The number of nitrogens with zero attached hydrogens (tertiary/aromatic N) is 2. The van der Waals surface area contributed by atoms with Gasteiger partial charge in [-0.05, 0) is 41.8 Å². The second-order valence-electron chi connectivity index (χ2n) is 8.41. The summed E-state index contributed by atoms with van der Waals surface area (Å²) >= 11 is 0. The molecule has 6 nitrogen and oxygen atoms in total. The quantitative estimate of drug-likeness (QED) is 0.387. The number of unbranched alkanes of at least 4 members (excludes halogenated alkanes) is 2. The number of amides is 1. The zero-order chi connectivity index (χ0) is 23.9. The molecule has 4 rings (SSSR count). The van der Waals surface area contributed by atoms with Crippen LogP contribution in [-0.2, 0) is 17.8 Å². The molecule has 1 amide bonds. The first-order chi connectivity index (χ1) is 16.6. The smallest absolute Gasteiger partial charge is 0.336 e. The second-order valence-corrected chi connectivity index (χ2v) is 8.41. The number of carbonyl (C=O) groups excluding carboxylic acids is 1. The highest BCUT2D eigenvalue weighted by atomic mass is 16.2. The molecule has 1 N–H and O–H groups in total. The standard InChI is InChI=1S/C28H29N3O3/c1-2-3-9-18-29-26(32)19-21-14-16-23(17-15-21)31-27(33)24-12-7-8-13-25(24)30(28(31)34)20-22-10-5-4-6-11-22/h4-8,10-17H,2-3,9,18-20H2,1H3,(H,29,32). The van der Waals surface area contributed by atoms with Crippen LogP contribution in [0.2, 0.25) is 0 Å². The molecule has 34 heavy (non-hydrogen) atoms. The minimum atomic E-state index is -0.394. The normalized spacial score (nSPS) is 11.0. The Kier molecular flexibility index (Phi) is 7.38. The minimum absolute atomic E-state index is 0.0306. The number of nitrogens with one attached hydrogen (secondary N) is 1. The number of carbonyl (C=O) groups is 1. The van der Waals surface area contributed by atoms with Crippen molar-refractivity contribution >= 4 is 16.8 Å². The summed E-state index contributed by atoms with van der Waals surface area (Å²) in [5.41, 5.74) is 2.14. The summed E-state index contributed by atoms with van der Waals surface area (Å²) in [5.74, 6) is -0.0306. The predicted molar refractivity (Wildman–Crippen MR) is 136 cm³/mol. The molecule has 0 atom stereocenters. The fourth-order valence-electron chi connectivity index (χ4n) is 4.08. The van der Waals surface area contributed by atoms with Gasteiger partial charge >= 0.3 is 5.69 Å². The van der Waals surface area contributed by atoms with Gasteiger partial charge < -0.3 is 5.32 Å². The van der Waals surface area contributed by atoms with Gasteiger partial charge in [0.15, 0.2) is 0 Å². The molecule has 174 valence electrons. The van der Waals surface area contributed by atoms with Crippen LogP contribution in [0.15, 0.2) is 88.5 Å². The van der Waals surface area contributed by atoms with Gasteiger partial charge in [-0.2, -0.15) is 0 Å². The molecule has 1 heterocycles. The third-order valence-corrected chi connectivity index (χ3v) is 5.90. The molecule has 0 bridgehead atoms. The number of para-hydroxylation sites is 1. The fraction of sp³-hybridized carbons (Fsp3) is 0.250. The van der Waals surface area contributed by atoms with Crippen LogP contribution in [0.4, 0.5) is 0 Å². The van der Waals surface area contributed by atoms with E-state index in [2.05, 4.69) is 12.2 Å². The maximum absolute atomic E-state index is 13.5. The van der Waals surface area contributed by atoms with E-state index in [0.29, 0.717) is 29.7 Å². The van der Waals surface area contributed by atoms with Crippen LogP contribution in [0.5, 0.6) is 0 Å². The van der Waals surface area contributed by atoms with E-state index in [1.165, 1.54) is 4.57 Å². The molecule has 0 radical (unpaired) electrons. The minimum Gasteiger partial charge on any atom is -0.356 e. The molecule has 4 aromatic rings. The summed E-state index contributed by atoms with van der Waals surface area (Å²) in [7, 11) is 0. The van der Waals surface area contributed by atoms with E-state index in [-0.39, 0.29) is 17.9 Å². The molecule has 1 aromatic heterocycles. The summed E-state index contributed by atoms with van der Waals surface area (Å²) in [6, 6.07) is 23.9. The Labute approximate surface area is 198 Å². The Balaban J connectivity index is 1.66. The molecule has 0 aliphatic heterocycles. The number of hydrogen-bond donors (Lipinski definition) is 1. The fourth-order valence-corrected chi connectivity index (χ4v) is 4.08. The van der Waals surface area contributed by atoms with Crippen LogP contribution in [-0.4, -0.2) is 21.6 Å². The molecule has 0 saturated carbocycles. The van der Waals surface area contributed by atoms with Crippen LogP contribution < -0.4 is 16.6 Å². The van der Waals surface area contributed by atoms with Crippen molar-refractivity contribution in [3.63, 3.8) is 0 Å². The number of rotatable bonds is 9. The number of aromatic nitrogens is 2. The van der Waals surface area contributed by atoms with Gasteiger partial charge in [0, 0.05) is 6.54 Å². The Morgan fingerprint density at radius 2 is 1.53 bits per heavy atom. The average Bonchev–Trinajstić information content (AvgIpc) is 2.86. The van der Waals surface area contributed by atoms with Crippen LogP contribution in [0.3, 0.4) is 0 Å². The Bertz CT molecular complexity index is 1390. The zero-order valence-electron chi connectivity index (χ0n) is 19.4. The van der Waals surface area contributed by atoms with Crippen LogP contribution in [0.1, 0.15) is 37.3 Å². The molecular weight excluding hydrogens is 426 g/mol. The maximum Gasteiger partial charge on any atom is 0.336 e. The lowest BCUT2D eigenvalue weighted by Crippen LogP contribution is -2.39. The maximum atomic E-state index is 13.5. The highest BCUT2D eigenvalue weighted by Gasteiger charge is 2.15. The molecule has 0 fully saturated rings. The summed E-state index contributed by atoms with van der Waals surface area (Å²) in [6.07, 6.45) is 3.44. The summed E-state index contributed by atoms with van der Waals surface area (Å²) in [6.45, 7) is 3.16. The lowest BCUT2D eigenvalue weighted by molar-refractivity contribution is -0.120. The lowest BCUT2D eigenvalue weighted by atomic mass is 10.1. The zero-order valence-corrected chi connectivity index (χ0v) is 19.4. The van der Waals surface area contributed by atoms with E-state index in [9.17, 15) is 14.4 Å². The SMILES string of the molecule is CCCCCNC(=O)Cc1ccc(-n2c(=O)c3ccccc3n(Cc3ccccc3)c2=O)cc1. The topological polar surface area (TPSA) is 73.1 Å². The summed E-state index contributed by atoms with van der Waals surface area (Å²) in [5, 5.41) is 3.41. The number of hydrogen-bond acceptors (Lipinski definition) is 3. The molecule has 0 aliphatic carbocycles. The molecule has 0 saturated heterocycles. The van der Waals surface area contributed by atoms with Crippen LogP contribution in [0.25, 0.3) is 16.6 Å². The summed E-state index contributed by atoms with van der Waals surface area (Å²) in [4.78, 5) is 39.0. The van der Waals surface area contributed by atoms with Crippen molar-refractivity contribution in [2.75, 3.05) is 6.54 Å². The first kappa shape index (κ1) is 23.2. The molecule has 0 aliphatic rings. The second kappa shape index (κ2) is 10.8. The van der Waals surface area contributed by atoms with E-state index in [4.69, 9.17) is 0 Å². The third kappa shape index (κ3) is 5.17. The van der Waals surface area contributed by atoms with Gasteiger partial charge in [0.05, 0.1) is 29.6 Å². The van der Waals surface area contributed by atoms with Crippen molar-refractivity contribution in [1.29, 1.82) is 0 Å². The van der Waals surface area contributed by atoms with Gasteiger partial charge in [0.2, 0.25) is 5.91 Å². The Hall–Kier alpha value is -3.93. The van der Waals surface area contributed by atoms with Crippen molar-refractivity contribution in [3.05, 3.63) is 111 Å². The van der Waals surface area contributed by atoms with Crippen molar-refractivity contribution in [3.8, 4) is 5.69 Å². The largest absolute Gasteiger partial charge is 0.356 e. The molecular formula is C28H29N3O3. The highest BCUT2D eigenvalue weighted by molar-refractivity contribution is 5.79. The Morgan fingerprint density at radius 1 is 0.824 bits per heavy atom. The van der Waals surface area contributed by atoms with E-state index in [1.54, 1.807) is 47.0 Å². The molecule has 0 spiro atoms. The highest BCUT2D eigenvalue weighted by Crippen LogP contribution is 2.13. The van der Waals surface area contributed by atoms with Gasteiger partial charge in [0.25, 0.3) is 5.56 Å². The van der Waals surface area contributed by atoms with E-state index in [0.717, 1.165) is 30.4 Å². The van der Waals surface area contributed by atoms with E-state index >= 15 is 0 Å². The molecule has 0 unspecified atom stereocenters. The molecule has 6 heteroatoms. The average molecular weight is 456 g/mol. The van der Waals surface area contributed by atoms with Crippen molar-refractivity contribution in [1.82, 2.24) is 14.5 Å². The van der Waals surface area contributed by atoms with Crippen molar-refractivity contribution in [2.45, 2.75) is 39.2 Å². The van der Waals surface area contributed by atoms with Gasteiger partial charge in [0.1, 0.15) is 0 Å². The van der Waals surface area contributed by atoms with E-state index in [1.807, 2.05) is 36.4 Å². The predicted octanol–water partition coefficient (Wildman–Crippen LogP) is 4.05. The van der Waals surface area contributed by atoms with E-state index < -0.39 is 5.69 Å². The molecule has 3 aromatic carbocycles. The first-order valence-electron chi connectivity index (χ1n) is 11.7.